The van der Waals surface area contributed by atoms with Gasteiger partial charge in [0.15, 0.2) is 21.6 Å². The average molecular weight is 567 g/mol. The van der Waals surface area contributed by atoms with E-state index in [9.17, 15) is 20.4 Å². The van der Waals surface area contributed by atoms with Gasteiger partial charge in [-0.25, -0.2) is 9.97 Å². The molecule has 0 bridgehead atoms. The van der Waals surface area contributed by atoms with Gasteiger partial charge in [0, 0.05) is 37.1 Å². The monoisotopic (exact) mass is 566 g/mol. The first-order valence-electron chi connectivity index (χ1n) is 11.9. The van der Waals surface area contributed by atoms with Gasteiger partial charge in [-0.1, -0.05) is 23.2 Å². The van der Waals surface area contributed by atoms with Crippen molar-refractivity contribution in [3.8, 4) is 0 Å². The minimum absolute atomic E-state index is 0.0192. The third-order valence-electron chi connectivity index (χ3n) is 7.64. The Morgan fingerprint density at radius 2 is 1.34 bits per heavy atom. The summed E-state index contributed by atoms with van der Waals surface area (Å²) in [5.41, 5.74) is 12.6. The molecule has 0 radical (unpaired) electrons. The van der Waals surface area contributed by atoms with Crippen LogP contribution >= 0.6 is 23.2 Å². The molecule has 4 heterocycles. The molecule has 2 aliphatic carbocycles. The van der Waals surface area contributed by atoms with E-state index < -0.39 is 0 Å². The Labute approximate surface area is 226 Å². The van der Waals surface area contributed by atoms with Crippen LogP contribution in [0.15, 0.2) is 12.7 Å². The van der Waals surface area contributed by atoms with Crippen molar-refractivity contribution in [1.29, 1.82) is 0 Å². The molecule has 2 unspecified atom stereocenters. The molecule has 0 amide bonds. The van der Waals surface area contributed by atoms with E-state index in [4.69, 9.17) is 34.7 Å². The number of aromatic nitrogens is 8. The summed E-state index contributed by atoms with van der Waals surface area (Å²) in [7, 11) is 0. The Hall–Kier alpha value is -2.88. The largest absolute Gasteiger partial charge is 0.396 e. The number of rotatable bonds is 8. The normalized spacial score (nSPS) is 25.9. The van der Waals surface area contributed by atoms with Crippen molar-refractivity contribution >= 4 is 57.4 Å². The number of aliphatic hydroxyl groups excluding tert-OH is 4. The van der Waals surface area contributed by atoms with Gasteiger partial charge >= 0.3 is 0 Å². The molecule has 4 atom stereocenters. The van der Waals surface area contributed by atoms with Crippen molar-refractivity contribution in [3.05, 3.63) is 23.0 Å². The standard InChI is InChI=1S/2C11H14ClN5O2/c12-8-7-9(16-10(13)15-8)14-5-17(7)3-11(4-19)1-6(11)2-18;12-8-7-9(16-10(13)15-8)17(5-14-7)3-11(4-19)1-6(11)2-18/h2*5-6,18-19H,1-4H2,(H2,13,15,16)/t2*6?,11-/m00/s1. The number of aliphatic hydroxyl groups is 4. The van der Waals surface area contributed by atoms with Gasteiger partial charge < -0.3 is 41.0 Å². The zero-order valence-electron chi connectivity index (χ0n) is 20.2. The summed E-state index contributed by atoms with van der Waals surface area (Å²) >= 11 is 12.0. The highest BCUT2D eigenvalue weighted by molar-refractivity contribution is 6.34. The third kappa shape index (κ3) is 4.72. The summed E-state index contributed by atoms with van der Waals surface area (Å²) in [4.78, 5) is 24.2. The van der Waals surface area contributed by atoms with Crippen LogP contribution in [0.2, 0.25) is 10.3 Å². The minimum atomic E-state index is -0.299. The Morgan fingerprint density at radius 3 is 1.92 bits per heavy atom. The molecule has 4 aromatic heterocycles. The predicted octanol–water partition coefficient (Wildman–Crippen LogP) is 0.106. The number of hydrogen-bond donors (Lipinski definition) is 6. The lowest BCUT2D eigenvalue weighted by Gasteiger charge is -2.15. The molecule has 204 valence electrons. The Balaban J connectivity index is 0.000000155. The predicted molar refractivity (Wildman–Crippen MR) is 139 cm³/mol. The highest BCUT2D eigenvalue weighted by Crippen LogP contribution is 2.54. The van der Waals surface area contributed by atoms with Gasteiger partial charge in [0.25, 0.3) is 0 Å². The van der Waals surface area contributed by atoms with Gasteiger partial charge in [0.05, 0.1) is 25.9 Å². The van der Waals surface area contributed by atoms with Gasteiger partial charge in [0.2, 0.25) is 11.9 Å². The van der Waals surface area contributed by atoms with Gasteiger partial charge in [0.1, 0.15) is 11.0 Å². The number of fused-ring (bicyclic) bond motifs is 2. The Kier molecular flexibility index (Phi) is 7.04. The van der Waals surface area contributed by atoms with Crippen LogP contribution in [0.5, 0.6) is 0 Å². The van der Waals surface area contributed by atoms with E-state index in [1.165, 1.54) is 0 Å². The van der Waals surface area contributed by atoms with E-state index in [1.54, 1.807) is 17.2 Å². The lowest BCUT2D eigenvalue weighted by molar-refractivity contribution is 0.159. The second-order valence-corrected chi connectivity index (χ2v) is 10.8. The van der Waals surface area contributed by atoms with E-state index in [1.807, 2.05) is 4.57 Å². The summed E-state index contributed by atoms with van der Waals surface area (Å²) in [5.74, 6) is 0.402. The Bertz CT molecular complexity index is 1480. The zero-order valence-corrected chi connectivity index (χ0v) is 21.8. The van der Waals surface area contributed by atoms with Gasteiger partial charge in [-0.05, 0) is 24.7 Å². The highest BCUT2D eigenvalue weighted by Gasteiger charge is 2.54. The minimum Gasteiger partial charge on any atom is -0.396 e. The van der Waals surface area contributed by atoms with E-state index in [2.05, 4.69) is 29.9 Å². The van der Waals surface area contributed by atoms with E-state index in [-0.39, 0.29) is 71.3 Å². The molecule has 0 spiro atoms. The van der Waals surface area contributed by atoms with Crippen molar-refractivity contribution in [2.24, 2.45) is 22.7 Å². The van der Waals surface area contributed by atoms with Crippen LogP contribution in [0.25, 0.3) is 22.3 Å². The van der Waals surface area contributed by atoms with Crippen LogP contribution < -0.4 is 11.5 Å². The maximum atomic E-state index is 9.51. The maximum Gasteiger partial charge on any atom is 0.223 e. The number of halogens is 2. The van der Waals surface area contributed by atoms with Crippen molar-refractivity contribution in [1.82, 2.24) is 39.0 Å². The van der Waals surface area contributed by atoms with Crippen LogP contribution in [0, 0.1) is 22.7 Å². The smallest absolute Gasteiger partial charge is 0.223 e. The van der Waals surface area contributed by atoms with Crippen molar-refractivity contribution < 1.29 is 20.4 Å². The SMILES string of the molecule is Nc1nc(Cl)c2c(ncn2C[C@]2(CO)CC2CO)n1.Nc1nc(Cl)c2ncn(C[C@]3(CO)CC3CO)c2n1. The van der Waals surface area contributed by atoms with E-state index in [0.717, 1.165) is 12.8 Å². The van der Waals surface area contributed by atoms with E-state index >= 15 is 0 Å². The summed E-state index contributed by atoms with van der Waals surface area (Å²) in [6.07, 6.45) is 4.78. The molecule has 16 heteroatoms. The molecule has 6 rings (SSSR count). The van der Waals surface area contributed by atoms with Crippen LogP contribution in [0.3, 0.4) is 0 Å². The van der Waals surface area contributed by atoms with E-state index in [0.29, 0.717) is 35.4 Å². The summed E-state index contributed by atoms with van der Waals surface area (Å²) in [6, 6.07) is 0. The fraction of sp³-hybridized carbons (Fsp3) is 0.545. The number of nitrogens with zero attached hydrogens (tertiary/aromatic N) is 8. The van der Waals surface area contributed by atoms with Crippen LogP contribution in [-0.2, 0) is 13.1 Å². The molecule has 8 N–H and O–H groups in total. The first kappa shape index (κ1) is 26.7. The fourth-order valence-electron chi connectivity index (χ4n) is 5.05. The number of imidazole rings is 2. The van der Waals surface area contributed by atoms with Gasteiger partial charge in [-0.2, -0.15) is 19.9 Å². The summed E-state index contributed by atoms with van der Waals surface area (Å²) in [6.45, 7) is 1.24. The van der Waals surface area contributed by atoms with Crippen LogP contribution in [0.4, 0.5) is 11.9 Å². The second-order valence-electron chi connectivity index (χ2n) is 10.0. The Morgan fingerprint density at radius 1 is 0.789 bits per heavy atom. The van der Waals surface area contributed by atoms with Crippen LogP contribution in [-0.4, -0.2) is 85.9 Å². The number of nitrogens with two attached hydrogens (primary N) is 2. The van der Waals surface area contributed by atoms with Gasteiger partial charge in [-0.3, -0.25) is 0 Å². The molecule has 4 aromatic rings. The molecule has 0 aliphatic heterocycles. The fourth-order valence-corrected chi connectivity index (χ4v) is 5.55. The first-order chi connectivity index (χ1) is 18.2. The number of anilines is 2. The molecule has 2 fully saturated rings. The second kappa shape index (κ2) is 10.0. The van der Waals surface area contributed by atoms with Crippen LogP contribution in [0.1, 0.15) is 12.8 Å². The topological polar surface area (TPSA) is 220 Å². The summed E-state index contributed by atoms with van der Waals surface area (Å²) in [5, 5.41) is 37.9. The summed E-state index contributed by atoms with van der Waals surface area (Å²) < 4.78 is 3.61. The lowest BCUT2D eigenvalue weighted by Crippen LogP contribution is -2.19. The van der Waals surface area contributed by atoms with Crippen molar-refractivity contribution in [3.63, 3.8) is 0 Å². The third-order valence-corrected chi connectivity index (χ3v) is 8.17. The van der Waals surface area contributed by atoms with Crippen molar-refractivity contribution in [2.75, 3.05) is 37.9 Å². The number of nitrogen functional groups attached to an aromatic ring is 2. The molecule has 38 heavy (non-hydrogen) atoms. The zero-order chi connectivity index (χ0) is 27.2. The first-order valence-corrected chi connectivity index (χ1v) is 12.7. The maximum absolute atomic E-state index is 9.51. The molecular formula is C22H28Cl2N10O4. The van der Waals surface area contributed by atoms with Crippen molar-refractivity contribution in [2.45, 2.75) is 25.9 Å². The molecule has 14 nitrogen and oxygen atoms in total. The molecule has 2 aliphatic rings. The average Bonchev–Trinajstić information content (AvgIpc) is 3.68. The number of hydrogen-bond acceptors (Lipinski definition) is 12. The lowest BCUT2D eigenvalue weighted by atomic mass is 10.1. The molecular weight excluding hydrogens is 539 g/mol. The molecule has 0 aromatic carbocycles. The molecule has 0 saturated heterocycles. The molecule has 2 saturated carbocycles. The quantitative estimate of drug-likeness (QED) is 0.156. The van der Waals surface area contributed by atoms with Gasteiger partial charge in [-0.15, -0.1) is 0 Å². The highest BCUT2D eigenvalue weighted by atomic mass is 35.5.